The summed E-state index contributed by atoms with van der Waals surface area (Å²) in [5.74, 6) is 0.739. The lowest BCUT2D eigenvalue weighted by molar-refractivity contribution is -0.123. The molecular weight excluding hydrogens is 252 g/mol. The average molecular weight is 278 g/mol. The van der Waals surface area contributed by atoms with Gasteiger partial charge in [-0.15, -0.1) is 0 Å². The van der Waals surface area contributed by atoms with Crippen LogP contribution in [0.2, 0.25) is 0 Å². The Labute approximate surface area is 121 Å². The fraction of sp³-hybridized carbons (Fsp3) is 0.562. The van der Waals surface area contributed by atoms with Crippen LogP contribution in [0, 0.1) is 5.92 Å². The third-order valence-electron chi connectivity index (χ3n) is 3.29. The van der Waals surface area contributed by atoms with Gasteiger partial charge in [-0.2, -0.15) is 0 Å². The fourth-order valence-corrected chi connectivity index (χ4v) is 1.98. The Bertz CT molecular complexity index is 415. The zero-order chi connectivity index (χ0) is 15.1. The van der Waals surface area contributed by atoms with E-state index in [4.69, 9.17) is 5.73 Å². The van der Waals surface area contributed by atoms with Gasteiger partial charge in [0.1, 0.15) is 5.75 Å². The molecule has 0 aliphatic heterocycles. The third-order valence-corrected chi connectivity index (χ3v) is 3.29. The highest BCUT2D eigenvalue weighted by Crippen LogP contribution is 2.11. The molecule has 0 saturated heterocycles. The summed E-state index contributed by atoms with van der Waals surface area (Å²) < 4.78 is 0. The zero-order valence-corrected chi connectivity index (χ0v) is 12.6. The Balaban J connectivity index is 2.40. The SMILES string of the molecule is CC(C)CCC(C)NC(=O)C(N)Cc1ccc(O)cc1. The Morgan fingerprint density at radius 3 is 2.35 bits per heavy atom. The molecule has 0 saturated carbocycles. The molecule has 0 aliphatic rings. The molecule has 1 rings (SSSR count). The van der Waals surface area contributed by atoms with Crippen LogP contribution < -0.4 is 11.1 Å². The minimum Gasteiger partial charge on any atom is -0.508 e. The van der Waals surface area contributed by atoms with E-state index in [9.17, 15) is 9.90 Å². The number of hydrogen-bond donors (Lipinski definition) is 3. The Morgan fingerprint density at radius 2 is 1.80 bits per heavy atom. The molecule has 0 fully saturated rings. The molecule has 0 radical (unpaired) electrons. The van der Waals surface area contributed by atoms with Crippen LogP contribution in [0.25, 0.3) is 0 Å². The maximum atomic E-state index is 12.0. The Hall–Kier alpha value is -1.55. The molecule has 112 valence electrons. The molecular formula is C16H26N2O2. The topological polar surface area (TPSA) is 75.4 Å². The lowest BCUT2D eigenvalue weighted by Crippen LogP contribution is -2.45. The van der Waals surface area contributed by atoms with Crippen molar-refractivity contribution in [3.63, 3.8) is 0 Å². The second-order valence-corrected chi connectivity index (χ2v) is 5.86. The first kappa shape index (κ1) is 16.5. The first-order chi connectivity index (χ1) is 9.38. The lowest BCUT2D eigenvalue weighted by Gasteiger charge is -2.18. The number of nitrogens with one attached hydrogen (secondary N) is 1. The number of phenols is 1. The largest absolute Gasteiger partial charge is 0.508 e. The van der Waals surface area contributed by atoms with Crippen molar-refractivity contribution < 1.29 is 9.90 Å². The summed E-state index contributed by atoms with van der Waals surface area (Å²) in [5, 5.41) is 12.2. The van der Waals surface area contributed by atoms with Crippen molar-refractivity contribution in [1.29, 1.82) is 0 Å². The molecule has 4 nitrogen and oxygen atoms in total. The van der Waals surface area contributed by atoms with E-state index in [0.29, 0.717) is 12.3 Å². The van der Waals surface area contributed by atoms with Crippen molar-refractivity contribution >= 4 is 5.91 Å². The van der Waals surface area contributed by atoms with E-state index in [1.54, 1.807) is 24.3 Å². The number of nitrogens with two attached hydrogens (primary N) is 1. The minimum absolute atomic E-state index is 0.116. The van der Waals surface area contributed by atoms with Gasteiger partial charge in [-0.25, -0.2) is 0 Å². The lowest BCUT2D eigenvalue weighted by atomic mass is 10.0. The van der Waals surface area contributed by atoms with Gasteiger partial charge in [-0.05, 0) is 49.8 Å². The number of hydrogen-bond acceptors (Lipinski definition) is 3. The van der Waals surface area contributed by atoms with Gasteiger partial charge in [0.2, 0.25) is 5.91 Å². The molecule has 0 aromatic heterocycles. The monoisotopic (exact) mass is 278 g/mol. The predicted molar refractivity (Wildman–Crippen MR) is 81.5 cm³/mol. The van der Waals surface area contributed by atoms with Gasteiger partial charge < -0.3 is 16.2 Å². The highest BCUT2D eigenvalue weighted by Gasteiger charge is 2.16. The standard InChI is InChI=1S/C16H26N2O2/c1-11(2)4-5-12(3)18-16(20)15(17)10-13-6-8-14(19)9-7-13/h6-9,11-12,15,19H,4-5,10,17H2,1-3H3,(H,18,20). The van der Waals surface area contributed by atoms with Crippen molar-refractivity contribution in [2.24, 2.45) is 11.7 Å². The van der Waals surface area contributed by atoms with E-state index >= 15 is 0 Å². The summed E-state index contributed by atoms with van der Waals surface area (Å²) in [6, 6.07) is 6.36. The van der Waals surface area contributed by atoms with Gasteiger partial charge in [0, 0.05) is 6.04 Å². The predicted octanol–water partition coefficient (Wildman–Crippen LogP) is 2.20. The van der Waals surface area contributed by atoms with E-state index in [2.05, 4.69) is 19.2 Å². The second kappa shape index (κ2) is 7.90. The first-order valence-corrected chi connectivity index (χ1v) is 7.22. The number of carbonyl (C=O) groups is 1. The molecule has 4 heteroatoms. The molecule has 20 heavy (non-hydrogen) atoms. The van der Waals surface area contributed by atoms with E-state index in [-0.39, 0.29) is 17.7 Å². The van der Waals surface area contributed by atoms with Gasteiger partial charge >= 0.3 is 0 Å². The summed E-state index contributed by atoms with van der Waals surface area (Å²) in [4.78, 5) is 12.0. The summed E-state index contributed by atoms with van der Waals surface area (Å²) in [7, 11) is 0. The van der Waals surface area contributed by atoms with Gasteiger partial charge in [-0.3, -0.25) is 4.79 Å². The van der Waals surface area contributed by atoms with Crippen molar-refractivity contribution in [3.8, 4) is 5.75 Å². The van der Waals surface area contributed by atoms with Crippen molar-refractivity contribution in [2.75, 3.05) is 0 Å². The molecule has 1 amide bonds. The quantitative estimate of drug-likeness (QED) is 0.715. The summed E-state index contributed by atoms with van der Waals surface area (Å²) in [6.45, 7) is 6.35. The van der Waals surface area contributed by atoms with Crippen LogP contribution in [0.3, 0.4) is 0 Å². The van der Waals surface area contributed by atoms with Crippen LogP contribution in [-0.2, 0) is 11.2 Å². The van der Waals surface area contributed by atoms with Crippen LogP contribution in [-0.4, -0.2) is 23.1 Å². The van der Waals surface area contributed by atoms with Crippen LogP contribution in [0.5, 0.6) is 5.75 Å². The smallest absolute Gasteiger partial charge is 0.237 e. The van der Waals surface area contributed by atoms with E-state index < -0.39 is 6.04 Å². The first-order valence-electron chi connectivity index (χ1n) is 7.22. The molecule has 0 spiro atoms. The van der Waals surface area contributed by atoms with E-state index in [0.717, 1.165) is 18.4 Å². The minimum atomic E-state index is -0.555. The van der Waals surface area contributed by atoms with E-state index in [1.165, 1.54) is 0 Å². The van der Waals surface area contributed by atoms with E-state index in [1.807, 2.05) is 6.92 Å². The van der Waals surface area contributed by atoms with Crippen LogP contribution in [0.15, 0.2) is 24.3 Å². The van der Waals surface area contributed by atoms with Gasteiger partial charge in [-0.1, -0.05) is 26.0 Å². The maximum absolute atomic E-state index is 12.0. The summed E-state index contributed by atoms with van der Waals surface area (Å²) >= 11 is 0. The number of phenolic OH excluding ortho intramolecular Hbond substituents is 1. The molecule has 0 bridgehead atoms. The normalized spacial score (nSPS) is 14.1. The highest BCUT2D eigenvalue weighted by atomic mass is 16.3. The van der Waals surface area contributed by atoms with Gasteiger partial charge in [0.05, 0.1) is 6.04 Å². The van der Waals surface area contributed by atoms with Crippen molar-refractivity contribution in [2.45, 2.75) is 52.1 Å². The van der Waals surface area contributed by atoms with Crippen LogP contribution in [0.1, 0.15) is 39.2 Å². The number of amides is 1. The van der Waals surface area contributed by atoms with Gasteiger partial charge in [0.25, 0.3) is 0 Å². The summed E-state index contributed by atoms with van der Waals surface area (Å²) in [6.07, 6.45) is 2.53. The number of aromatic hydroxyl groups is 1. The second-order valence-electron chi connectivity index (χ2n) is 5.86. The maximum Gasteiger partial charge on any atom is 0.237 e. The van der Waals surface area contributed by atoms with Crippen molar-refractivity contribution in [3.05, 3.63) is 29.8 Å². The number of benzene rings is 1. The zero-order valence-electron chi connectivity index (χ0n) is 12.6. The molecule has 1 aromatic rings. The molecule has 2 atom stereocenters. The highest BCUT2D eigenvalue weighted by molar-refractivity contribution is 5.82. The third kappa shape index (κ3) is 6.06. The van der Waals surface area contributed by atoms with Crippen LogP contribution in [0.4, 0.5) is 0 Å². The molecule has 0 aliphatic carbocycles. The number of rotatable bonds is 7. The van der Waals surface area contributed by atoms with Crippen LogP contribution >= 0.6 is 0 Å². The molecule has 1 aromatic carbocycles. The summed E-state index contributed by atoms with van der Waals surface area (Å²) in [5.41, 5.74) is 6.86. The molecule has 0 heterocycles. The number of carbonyl (C=O) groups excluding carboxylic acids is 1. The Morgan fingerprint density at radius 1 is 1.20 bits per heavy atom. The fourth-order valence-electron chi connectivity index (χ4n) is 1.98. The Kier molecular flexibility index (Phi) is 6.52. The van der Waals surface area contributed by atoms with Crippen molar-refractivity contribution in [1.82, 2.24) is 5.32 Å². The molecule has 2 unspecified atom stereocenters. The van der Waals surface area contributed by atoms with Gasteiger partial charge in [0.15, 0.2) is 0 Å². The average Bonchev–Trinajstić information content (AvgIpc) is 2.39. The molecule has 4 N–H and O–H groups in total.